The molecule has 0 aliphatic heterocycles. The van der Waals surface area contributed by atoms with E-state index in [1.54, 1.807) is 6.33 Å². The molecule has 0 bridgehead atoms. The second-order valence-electron chi connectivity index (χ2n) is 6.61. The topological polar surface area (TPSA) is 61.8 Å². The predicted molar refractivity (Wildman–Crippen MR) is 76.4 cm³/mol. The summed E-state index contributed by atoms with van der Waals surface area (Å²) in [7, 11) is 0. The molecule has 1 fully saturated rings. The lowest BCUT2D eigenvalue weighted by molar-refractivity contribution is 0.113. The minimum atomic E-state index is -0.537. The average molecular weight is 263 g/mol. The van der Waals surface area contributed by atoms with Crippen LogP contribution in [0.4, 0.5) is 0 Å². The summed E-state index contributed by atoms with van der Waals surface area (Å²) in [6.45, 7) is 6.12. The number of aromatic amines is 1. The van der Waals surface area contributed by atoms with E-state index in [1.807, 2.05) is 20.8 Å². The third kappa shape index (κ3) is 3.66. The van der Waals surface area contributed by atoms with Crippen LogP contribution in [0.25, 0.3) is 5.57 Å². The molecule has 4 nitrogen and oxygen atoms in total. The van der Waals surface area contributed by atoms with E-state index in [9.17, 15) is 5.11 Å². The molecule has 1 saturated carbocycles. The van der Waals surface area contributed by atoms with Crippen LogP contribution in [0.15, 0.2) is 12.4 Å². The van der Waals surface area contributed by atoms with Crippen molar-refractivity contribution >= 4 is 5.57 Å². The Morgan fingerprint density at radius 1 is 1.37 bits per heavy atom. The Balaban J connectivity index is 2.26. The molecule has 0 spiro atoms. The molecule has 1 aliphatic carbocycles. The van der Waals surface area contributed by atoms with Gasteiger partial charge in [0.2, 0.25) is 0 Å². The van der Waals surface area contributed by atoms with Gasteiger partial charge in [0.05, 0.1) is 6.10 Å². The van der Waals surface area contributed by atoms with Crippen molar-refractivity contribution in [3.8, 4) is 0 Å². The van der Waals surface area contributed by atoms with Crippen LogP contribution in [0.1, 0.15) is 58.7 Å². The summed E-state index contributed by atoms with van der Waals surface area (Å²) in [4.78, 5) is 4.22. The summed E-state index contributed by atoms with van der Waals surface area (Å²) in [5.41, 5.74) is 0.668. The quantitative estimate of drug-likeness (QED) is 0.880. The highest BCUT2D eigenvalue weighted by Gasteiger charge is 2.29. The second-order valence-corrected chi connectivity index (χ2v) is 6.61. The first-order chi connectivity index (χ1) is 8.98. The normalized spacial score (nSPS) is 20.5. The van der Waals surface area contributed by atoms with Crippen molar-refractivity contribution in [2.75, 3.05) is 0 Å². The Bertz CT molecular complexity index is 411. The monoisotopic (exact) mass is 263 g/mol. The Kier molecular flexibility index (Phi) is 4.40. The van der Waals surface area contributed by atoms with Crippen LogP contribution < -0.4 is 0 Å². The summed E-state index contributed by atoms with van der Waals surface area (Å²) in [5, 5.41) is 17.5. The minimum Gasteiger partial charge on any atom is -0.388 e. The van der Waals surface area contributed by atoms with Crippen molar-refractivity contribution in [3.05, 3.63) is 18.2 Å². The van der Waals surface area contributed by atoms with Crippen molar-refractivity contribution in [2.24, 2.45) is 11.3 Å². The molecule has 1 aliphatic rings. The lowest BCUT2D eigenvalue weighted by atomic mass is 9.81. The molecule has 1 atom stereocenters. The van der Waals surface area contributed by atoms with E-state index < -0.39 is 6.10 Å². The molecule has 1 aromatic rings. The number of aromatic nitrogens is 3. The number of nitrogens with one attached hydrogen (secondary N) is 1. The molecular formula is C15H25N3O. The summed E-state index contributed by atoms with van der Waals surface area (Å²) < 4.78 is 0. The molecule has 2 N–H and O–H groups in total. The molecule has 1 unspecified atom stereocenters. The molecular weight excluding hydrogens is 238 g/mol. The predicted octanol–water partition coefficient (Wildman–Crippen LogP) is 3.18. The van der Waals surface area contributed by atoms with Crippen molar-refractivity contribution in [1.82, 2.24) is 15.2 Å². The van der Waals surface area contributed by atoms with Crippen LogP contribution in [-0.2, 0) is 0 Å². The zero-order valence-corrected chi connectivity index (χ0v) is 12.2. The number of hydrogen-bond acceptors (Lipinski definition) is 3. The first-order valence-electron chi connectivity index (χ1n) is 7.24. The molecule has 4 heteroatoms. The number of allylic oxidation sites excluding steroid dienone is 1. The number of H-pyrrole nitrogens is 1. The fraction of sp³-hybridized carbons (Fsp3) is 0.733. The fourth-order valence-corrected chi connectivity index (χ4v) is 2.66. The minimum absolute atomic E-state index is 0.207. The SMILES string of the molecule is CC(C)(C)C(O)C(=CC1CCCCC1)c1nc[nH]n1. The molecule has 0 amide bonds. The van der Waals surface area contributed by atoms with Crippen LogP contribution in [0.3, 0.4) is 0 Å². The van der Waals surface area contributed by atoms with Gasteiger partial charge in [-0.1, -0.05) is 46.1 Å². The van der Waals surface area contributed by atoms with E-state index in [0.29, 0.717) is 11.7 Å². The second kappa shape index (κ2) is 5.87. The van der Waals surface area contributed by atoms with Gasteiger partial charge >= 0.3 is 0 Å². The van der Waals surface area contributed by atoms with E-state index in [0.717, 1.165) is 5.57 Å². The molecule has 0 aromatic carbocycles. The summed E-state index contributed by atoms with van der Waals surface area (Å²) in [6, 6.07) is 0. The summed E-state index contributed by atoms with van der Waals surface area (Å²) >= 11 is 0. The maximum absolute atomic E-state index is 10.6. The third-order valence-corrected chi connectivity index (χ3v) is 3.85. The van der Waals surface area contributed by atoms with E-state index in [-0.39, 0.29) is 5.41 Å². The Morgan fingerprint density at radius 3 is 2.58 bits per heavy atom. The maximum atomic E-state index is 10.6. The molecule has 19 heavy (non-hydrogen) atoms. The zero-order valence-electron chi connectivity index (χ0n) is 12.2. The number of hydrogen-bond donors (Lipinski definition) is 2. The van der Waals surface area contributed by atoms with Gasteiger partial charge in [-0.3, -0.25) is 5.10 Å². The summed E-state index contributed by atoms with van der Waals surface area (Å²) in [6.07, 6.45) is 9.57. The van der Waals surface area contributed by atoms with Crippen molar-refractivity contribution in [3.63, 3.8) is 0 Å². The smallest absolute Gasteiger partial charge is 0.179 e. The highest BCUT2D eigenvalue weighted by Crippen LogP contribution is 2.33. The van der Waals surface area contributed by atoms with Crippen LogP contribution in [0, 0.1) is 11.3 Å². The highest BCUT2D eigenvalue weighted by molar-refractivity contribution is 5.64. The van der Waals surface area contributed by atoms with E-state index in [4.69, 9.17) is 0 Å². The van der Waals surface area contributed by atoms with E-state index in [2.05, 4.69) is 21.3 Å². The van der Waals surface area contributed by atoms with Gasteiger partial charge in [0.1, 0.15) is 6.33 Å². The Labute approximate surface area is 115 Å². The zero-order chi connectivity index (χ0) is 13.9. The first-order valence-corrected chi connectivity index (χ1v) is 7.24. The van der Waals surface area contributed by atoms with Crippen LogP contribution in [0.5, 0.6) is 0 Å². The van der Waals surface area contributed by atoms with Gasteiger partial charge in [-0.15, -0.1) is 0 Å². The Hall–Kier alpha value is -1.16. The molecule has 1 aromatic heterocycles. The fourth-order valence-electron chi connectivity index (χ4n) is 2.66. The standard InChI is InChI=1S/C15H25N3O/c1-15(2,3)13(19)12(14-16-10-17-18-14)9-11-7-5-4-6-8-11/h9-11,13,19H,4-8H2,1-3H3,(H,16,17,18). The molecule has 2 rings (SSSR count). The molecule has 1 heterocycles. The van der Waals surface area contributed by atoms with Gasteiger partial charge in [0.25, 0.3) is 0 Å². The number of rotatable bonds is 3. The van der Waals surface area contributed by atoms with Crippen LogP contribution in [-0.4, -0.2) is 26.4 Å². The average Bonchev–Trinajstić information content (AvgIpc) is 2.89. The lowest BCUT2D eigenvalue weighted by Crippen LogP contribution is -2.28. The molecule has 106 valence electrons. The number of nitrogens with zero attached hydrogens (tertiary/aromatic N) is 2. The number of aliphatic hydroxyl groups excluding tert-OH is 1. The molecule has 0 saturated heterocycles. The van der Waals surface area contributed by atoms with Crippen molar-refractivity contribution in [2.45, 2.75) is 59.0 Å². The van der Waals surface area contributed by atoms with Gasteiger partial charge in [-0.05, 0) is 24.2 Å². The van der Waals surface area contributed by atoms with Crippen molar-refractivity contribution < 1.29 is 5.11 Å². The van der Waals surface area contributed by atoms with Gasteiger partial charge in [0, 0.05) is 5.57 Å². The van der Waals surface area contributed by atoms with Gasteiger partial charge in [-0.25, -0.2) is 4.98 Å². The largest absolute Gasteiger partial charge is 0.388 e. The van der Waals surface area contributed by atoms with E-state index in [1.165, 1.54) is 32.1 Å². The van der Waals surface area contributed by atoms with Crippen LogP contribution in [0.2, 0.25) is 0 Å². The first kappa shape index (κ1) is 14.3. The molecule has 0 radical (unpaired) electrons. The van der Waals surface area contributed by atoms with Gasteiger partial charge in [0.15, 0.2) is 5.82 Å². The van der Waals surface area contributed by atoms with Crippen LogP contribution >= 0.6 is 0 Å². The maximum Gasteiger partial charge on any atom is 0.179 e. The van der Waals surface area contributed by atoms with Gasteiger partial charge in [-0.2, -0.15) is 5.10 Å². The lowest BCUT2D eigenvalue weighted by Gasteiger charge is -2.28. The van der Waals surface area contributed by atoms with E-state index >= 15 is 0 Å². The third-order valence-electron chi connectivity index (χ3n) is 3.85. The summed E-state index contributed by atoms with van der Waals surface area (Å²) in [5.74, 6) is 1.19. The Morgan fingerprint density at radius 2 is 2.05 bits per heavy atom. The highest BCUT2D eigenvalue weighted by atomic mass is 16.3. The number of aliphatic hydroxyl groups is 1. The van der Waals surface area contributed by atoms with Gasteiger partial charge < -0.3 is 5.11 Å². The van der Waals surface area contributed by atoms with Crippen molar-refractivity contribution in [1.29, 1.82) is 0 Å².